The first-order chi connectivity index (χ1) is 14.1. The molecule has 1 heterocycles. The van der Waals surface area contributed by atoms with E-state index in [4.69, 9.17) is 16.2 Å². The predicted octanol–water partition coefficient (Wildman–Crippen LogP) is 3.74. The number of ether oxygens (including phenoxy) is 1. The van der Waals surface area contributed by atoms with E-state index in [0.29, 0.717) is 28.9 Å². The Labute approximate surface area is 168 Å². The molecular formula is C23H21N3O3. The van der Waals surface area contributed by atoms with E-state index in [1.165, 1.54) is 4.90 Å². The van der Waals surface area contributed by atoms with Crippen LogP contribution in [0.3, 0.4) is 0 Å². The Morgan fingerprint density at radius 2 is 1.52 bits per heavy atom. The van der Waals surface area contributed by atoms with Gasteiger partial charge in [-0.3, -0.25) is 4.90 Å². The second kappa shape index (κ2) is 7.77. The molecule has 4 N–H and O–H groups in total. The van der Waals surface area contributed by atoms with Crippen LogP contribution in [0.2, 0.25) is 0 Å². The molecule has 2 amide bonds. The monoisotopic (exact) mass is 387 g/mol. The van der Waals surface area contributed by atoms with E-state index < -0.39 is 24.1 Å². The molecule has 0 saturated heterocycles. The van der Waals surface area contributed by atoms with Crippen LogP contribution in [-0.4, -0.2) is 12.0 Å². The quantitative estimate of drug-likeness (QED) is 0.669. The zero-order valence-electron chi connectivity index (χ0n) is 15.7. The van der Waals surface area contributed by atoms with Gasteiger partial charge in [-0.1, -0.05) is 66.7 Å². The molecule has 1 aliphatic heterocycles. The van der Waals surface area contributed by atoms with Gasteiger partial charge in [0.1, 0.15) is 12.1 Å². The zero-order chi connectivity index (χ0) is 20.4. The van der Waals surface area contributed by atoms with Gasteiger partial charge in [-0.2, -0.15) is 0 Å². The highest BCUT2D eigenvalue weighted by molar-refractivity contribution is 6.00. The van der Waals surface area contributed by atoms with E-state index in [-0.39, 0.29) is 0 Å². The van der Waals surface area contributed by atoms with Crippen molar-refractivity contribution in [2.24, 2.45) is 11.5 Å². The Morgan fingerprint density at radius 1 is 0.897 bits per heavy atom. The van der Waals surface area contributed by atoms with Gasteiger partial charge in [0.25, 0.3) is 0 Å². The molecule has 0 bridgehead atoms. The van der Waals surface area contributed by atoms with Crippen molar-refractivity contribution in [3.63, 3.8) is 0 Å². The van der Waals surface area contributed by atoms with Gasteiger partial charge in [0.2, 0.25) is 0 Å². The van der Waals surface area contributed by atoms with Crippen LogP contribution in [0.4, 0.5) is 16.2 Å². The highest BCUT2D eigenvalue weighted by Gasteiger charge is 2.32. The third-order valence-electron chi connectivity index (χ3n) is 5.05. The lowest BCUT2D eigenvalue weighted by Crippen LogP contribution is -2.32. The van der Waals surface area contributed by atoms with Gasteiger partial charge in [0.15, 0.2) is 0 Å². The molecule has 0 radical (unpaired) electrons. The number of hydrogen-bond acceptors (Lipinski definition) is 4. The molecule has 0 aromatic heterocycles. The fourth-order valence-corrected chi connectivity index (χ4v) is 3.66. The minimum absolute atomic E-state index is 0.407. The number of nitrogens with two attached hydrogens (primary N) is 2. The maximum absolute atomic E-state index is 12.8. The van der Waals surface area contributed by atoms with Crippen LogP contribution in [-0.2, 0) is 16.0 Å². The number of rotatable bonds is 3. The summed E-state index contributed by atoms with van der Waals surface area (Å²) in [6.07, 6.45) is -0.191. The molecule has 0 saturated carbocycles. The number of carbonyl (C=O) groups is 2. The lowest BCUT2D eigenvalue weighted by molar-refractivity contribution is -0.151. The first kappa shape index (κ1) is 18.7. The van der Waals surface area contributed by atoms with Crippen molar-refractivity contribution in [3.05, 3.63) is 95.6 Å². The number of primary amides is 1. The van der Waals surface area contributed by atoms with E-state index >= 15 is 0 Å². The summed E-state index contributed by atoms with van der Waals surface area (Å²) in [6.45, 7) is 0. The number of amides is 2. The first-order valence-corrected chi connectivity index (χ1v) is 9.33. The van der Waals surface area contributed by atoms with E-state index in [1.54, 1.807) is 18.2 Å². The first-order valence-electron chi connectivity index (χ1n) is 9.33. The van der Waals surface area contributed by atoms with Crippen LogP contribution in [0.25, 0.3) is 0 Å². The summed E-state index contributed by atoms with van der Waals surface area (Å²) >= 11 is 0. The average molecular weight is 387 g/mol. The summed E-state index contributed by atoms with van der Waals surface area (Å²) < 4.78 is 5.86. The smallest absolute Gasteiger partial charge is 0.328 e. The number of esters is 1. The Morgan fingerprint density at radius 3 is 2.24 bits per heavy atom. The molecule has 0 unspecified atom stereocenters. The van der Waals surface area contributed by atoms with Crippen LogP contribution < -0.4 is 16.4 Å². The summed E-state index contributed by atoms with van der Waals surface area (Å²) in [7, 11) is 0. The average Bonchev–Trinajstić information content (AvgIpc) is 2.88. The van der Waals surface area contributed by atoms with Crippen molar-refractivity contribution < 1.29 is 14.3 Å². The summed E-state index contributed by atoms with van der Waals surface area (Å²) in [5.41, 5.74) is 15.3. The summed E-state index contributed by atoms with van der Waals surface area (Å²) in [5.74, 6) is -0.527. The predicted molar refractivity (Wildman–Crippen MR) is 111 cm³/mol. The molecule has 6 nitrogen and oxygen atoms in total. The molecule has 6 heteroatoms. The number of carbonyl (C=O) groups excluding carboxylic acids is 2. The van der Waals surface area contributed by atoms with Gasteiger partial charge in [0.05, 0.1) is 11.4 Å². The second-order valence-electron chi connectivity index (χ2n) is 6.88. The van der Waals surface area contributed by atoms with Crippen LogP contribution >= 0.6 is 0 Å². The fraction of sp³-hybridized carbons (Fsp3) is 0.130. The summed E-state index contributed by atoms with van der Waals surface area (Å²) in [5, 5.41) is 0. The third kappa shape index (κ3) is 3.58. The lowest BCUT2D eigenvalue weighted by atomic mass is 10.0. The van der Waals surface area contributed by atoms with E-state index in [0.717, 1.165) is 5.56 Å². The SMILES string of the molecule is NC(=O)N1c2ccccc2C[C@@H](OC(=O)[C@@H](N)c2ccccc2)c2ccccc21. The van der Waals surface area contributed by atoms with Gasteiger partial charge in [-0.15, -0.1) is 0 Å². The minimum Gasteiger partial charge on any atom is -0.456 e. The van der Waals surface area contributed by atoms with Crippen molar-refractivity contribution in [1.29, 1.82) is 0 Å². The second-order valence-corrected chi connectivity index (χ2v) is 6.88. The Balaban J connectivity index is 1.73. The van der Waals surface area contributed by atoms with Crippen LogP contribution in [0.15, 0.2) is 78.9 Å². The standard InChI is InChI=1S/C23H21N3O3/c24-21(15-8-2-1-3-9-15)22(27)29-20-14-16-10-4-6-12-18(16)26(23(25)28)19-13-7-5-11-17(19)20/h1-13,20-21H,14,24H2,(H2,25,28)/t20-,21+/m1/s1. The normalized spacial score (nSPS) is 16.2. The number of urea groups is 1. The van der Waals surface area contributed by atoms with E-state index in [9.17, 15) is 9.59 Å². The summed E-state index contributed by atoms with van der Waals surface area (Å²) in [6, 6.07) is 22.3. The highest BCUT2D eigenvalue weighted by atomic mass is 16.5. The zero-order valence-corrected chi connectivity index (χ0v) is 15.7. The van der Waals surface area contributed by atoms with Gasteiger partial charge < -0.3 is 16.2 Å². The molecule has 0 aliphatic carbocycles. The number of fused-ring (bicyclic) bond motifs is 2. The molecule has 3 aromatic carbocycles. The van der Waals surface area contributed by atoms with Crippen molar-refractivity contribution in [1.82, 2.24) is 0 Å². The maximum atomic E-state index is 12.8. The molecule has 2 atom stereocenters. The Kier molecular flexibility index (Phi) is 5.01. The Bertz CT molecular complexity index is 1050. The third-order valence-corrected chi connectivity index (χ3v) is 5.05. The maximum Gasteiger partial charge on any atom is 0.328 e. The number of anilines is 2. The Hall–Kier alpha value is -3.64. The molecule has 146 valence electrons. The number of hydrogen-bond donors (Lipinski definition) is 2. The van der Waals surface area contributed by atoms with Crippen LogP contribution in [0, 0.1) is 0 Å². The van der Waals surface area contributed by atoms with Gasteiger partial charge in [-0.25, -0.2) is 9.59 Å². The number of para-hydroxylation sites is 2. The van der Waals surface area contributed by atoms with Gasteiger partial charge >= 0.3 is 12.0 Å². The largest absolute Gasteiger partial charge is 0.456 e. The molecule has 0 spiro atoms. The van der Waals surface area contributed by atoms with Crippen molar-refractivity contribution >= 4 is 23.4 Å². The molecule has 4 rings (SSSR count). The fourth-order valence-electron chi connectivity index (χ4n) is 3.66. The lowest BCUT2D eigenvalue weighted by Gasteiger charge is -2.23. The van der Waals surface area contributed by atoms with E-state index in [1.807, 2.05) is 60.7 Å². The number of benzene rings is 3. The molecular weight excluding hydrogens is 366 g/mol. The minimum atomic E-state index is -0.894. The molecule has 29 heavy (non-hydrogen) atoms. The topological polar surface area (TPSA) is 98.6 Å². The van der Waals surface area contributed by atoms with Crippen molar-refractivity contribution in [2.75, 3.05) is 4.90 Å². The van der Waals surface area contributed by atoms with E-state index in [2.05, 4.69) is 0 Å². The van der Waals surface area contributed by atoms with Crippen molar-refractivity contribution in [3.8, 4) is 0 Å². The molecule has 3 aromatic rings. The number of nitrogens with zero attached hydrogens (tertiary/aromatic N) is 1. The van der Waals surface area contributed by atoms with Gasteiger partial charge in [0, 0.05) is 12.0 Å². The van der Waals surface area contributed by atoms with Crippen LogP contribution in [0.5, 0.6) is 0 Å². The highest BCUT2D eigenvalue weighted by Crippen LogP contribution is 2.41. The van der Waals surface area contributed by atoms with Crippen LogP contribution in [0.1, 0.15) is 28.8 Å². The van der Waals surface area contributed by atoms with Gasteiger partial charge in [-0.05, 0) is 23.3 Å². The van der Waals surface area contributed by atoms with Crippen molar-refractivity contribution in [2.45, 2.75) is 18.6 Å². The molecule has 0 fully saturated rings. The molecule has 1 aliphatic rings. The summed E-state index contributed by atoms with van der Waals surface area (Å²) in [4.78, 5) is 26.5.